The Labute approximate surface area is 105 Å². The molecule has 1 heterocycles. The minimum absolute atomic E-state index is 0.803. The molecule has 0 aliphatic carbocycles. The number of aromatic nitrogens is 1. The van der Waals surface area contributed by atoms with Crippen molar-refractivity contribution in [2.24, 2.45) is 0 Å². The molecule has 17 heavy (non-hydrogen) atoms. The van der Waals surface area contributed by atoms with Crippen molar-refractivity contribution in [3.8, 4) is 16.3 Å². The Morgan fingerprint density at radius 3 is 2.82 bits per heavy atom. The number of thiazole rings is 1. The number of rotatable bonds is 4. The van der Waals surface area contributed by atoms with Gasteiger partial charge < -0.3 is 10.1 Å². The molecule has 0 amide bonds. The zero-order chi connectivity index (χ0) is 12.3. The standard InChI is InChI=1S/C13H16N2OS/c1-9-11(8-14-2)15-13(17-9)10-6-4-5-7-12(10)16-3/h4-7,14H,8H2,1-3H3. The molecular weight excluding hydrogens is 232 g/mol. The topological polar surface area (TPSA) is 34.2 Å². The maximum atomic E-state index is 5.36. The molecule has 0 aliphatic heterocycles. The molecule has 0 unspecified atom stereocenters. The molecule has 0 saturated carbocycles. The lowest BCUT2D eigenvalue weighted by Crippen LogP contribution is -2.06. The van der Waals surface area contributed by atoms with Crippen LogP contribution in [-0.4, -0.2) is 19.1 Å². The van der Waals surface area contributed by atoms with Crippen LogP contribution in [0.3, 0.4) is 0 Å². The smallest absolute Gasteiger partial charge is 0.129 e. The summed E-state index contributed by atoms with van der Waals surface area (Å²) in [5.41, 5.74) is 2.17. The number of aryl methyl sites for hydroxylation is 1. The van der Waals surface area contributed by atoms with Gasteiger partial charge in [-0.1, -0.05) is 12.1 Å². The number of ether oxygens (including phenoxy) is 1. The third-order valence-electron chi connectivity index (χ3n) is 2.57. The van der Waals surface area contributed by atoms with Crippen molar-refractivity contribution in [1.82, 2.24) is 10.3 Å². The second-order valence-corrected chi connectivity index (χ2v) is 4.96. The number of hydrogen-bond acceptors (Lipinski definition) is 4. The molecule has 0 radical (unpaired) electrons. The average molecular weight is 248 g/mol. The second-order valence-electron chi connectivity index (χ2n) is 3.75. The quantitative estimate of drug-likeness (QED) is 0.903. The highest BCUT2D eigenvalue weighted by Gasteiger charge is 2.12. The molecule has 0 aliphatic rings. The summed E-state index contributed by atoms with van der Waals surface area (Å²) in [7, 11) is 3.62. The minimum Gasteiger partial charge on any atom is -0.496 e. The predicted octanol–water partition coefficient (Wildman–Crippen LogP) is 2.85. The maximum absolute atomic E-state index is 5.36. The summed E-state index contributed by atoms with van der Waals surface area (Å²) in [6.45, 7) is 2.90. The van der Waals surface area contributed by atoms with Gasteiger partial charge in [0, 0.05) is 11.4 Å². The van der Waals surface area contributed by atoms with E-state index in [9.17, 15) is 0 Å². The first-order chi connectivity index (χ1) is 8.26. The SMILES string of the molecule is CNCc1nc(-c2ccccc2OC)sc1C. The lowest BCUT2D eigenvalue weighted by atomic mass is 10.2. The van der Waals surface area contributed by atoms with Crippen LogP contribution < -0.4 is 10.1 Å². The fourth-order valence-corrected chi connectivity index (χ4v) is 2.66. The molecule has 0 atom stereocenters. The first kappa shape index (κ1) is 12.1. The van der Waals surface area contributed by atoms with E-state index in [4.69, 9.17) is 4.74 Å². The van der Waals surface area contributed by atoms with Gasteiger partial charge in [-0.2, -0.15) is 0 Å². The summed E-state index contributed by atoms with van der Waals surface area (Å²) in [5, 5.41) is 4.15. The van der Waals surface area contributed by atoms with Crippen LogP contribution in [-0.2, 0) is 6.54 Å². The molecule has 4 heteroatoms. The summed E-state index contributed by atoms with van der Waals surface area (Å²) >= 11 is 1.71. The molecule has 0 spiro atoms. The average Bonchev–Trinajstić information content (AvgIpc) is 2.71. The number of nitrogens with zero attached hydrogens (tertiary/aromatic N) is 1. The van der Waals surface area contributed by atoms with Crippen molar-refractivity contribution in [1.29, 1.82) is 0 Å². The van der Waals surface area contributed by atoms with Crippen molar-refractivity contribution in [3.05, 3.63) is 34.8 Å². The van der Waals surface area contributed by atoms with E-state index in [0.29, 0.717) is 0 Å². The van der Waals surface area contributed by atoms with Crippen LogP contribution in [0, 0.1) is 6.92 Å². The van der Waals surface area contributed by atoms with Crippen molar-refractivity contribution in [2.75, 3.05) is 14.2 Å². The van der Waals surface area contributed by atoms with Crippen molar-refractivity contribution in [2.45, 2.75) is 13.5 Å². The van der Waals surface area contributed by atoms with Gasteiger partial charge in [-0.15, -0.1) is 11.3 Å². The van der Waals surface area contributed by atoms with E-state index in [1.54, 1.807) is 18.4 Å². The Hall–Kier alpha value is -1.39. The molecule has 1 aromatic carbocycles. The van der Waals surface area contributed by atoms with Crippen LogP contribution in [0.2, 0.25) is 0 Å². The molecule has 2 rings (SSSR count). The molecule has 3 nitrogen and oxygen atoms in total. The summed E-state index contributed by atoms with van der Waals surface area (Å²) in [4.78, 5) is 5.90. The molecule has 2 aromatic rings. The van der Waals surface area contributed by atoms with Crippen LogP contribution in [0.1, 0.15) is 10.6 Å². The van der Waals surface area contributed by atoms with Gasteiger partial charge in [-0.05, 0) is 26.1 Å². The van der Waals surface area contributed by atoms with E-state index < -0.39 is 0 Å². The Bertz CT molecular complexity index is 508. The van der Waals surface area contributed by atoms with E-state index in [1.165, 1.54) is 4.88 Å². The van der Waals surface area contributed by atoms with Crippen LogP contribution in [0.4, 0.5) is 0 Å². The summed E-state index contributed by atoms with van der Waals surface area (Å²) in [6.07, 6.45) is 0. The van der Waals surface area contributed by atoms with Crippen molar-refractivity contribution >= 4 is 11.3 Å². The Kier molecular flexibility index (Phi) is 3.76. The summed E-state index contributed by atoms with van der Waals surface area (Å²) < 4.78 is 5.36. The monoisotopic (exact) mass is 248 g/mol. The molecule has 0 bridgehead atoms. The third kappa shape index (κ3) is 2.48. The second kappa shape index (κ2) is 5.29. The van der Waals surface area contributed by atoms with Gasteiger partial charge in [0.2, 0.25) is 0 Å². The van der Waals surface area contributed by atoms with Crippen molar-refractivity contribution in [3.63, 3.8) is 0 Å². The Balaban J connectivity index is 2.42. The summed E-state index contributed by atoms with van der Waals surface area (Å²) in [6, 6.07) is 7.98. The van der Waals surface area contributed by atoms with Crippen LogP contribution in [0.15, 0.2) is 24.3 Å². The molecule has 0 fully saturated rings. The minimum atomic E-state index is 0.803. The third-order valence-corrected chi connectivity index (χ3v) is 3.62. The van der Waals surface area contributed by atoms with Crippen LogP contribution in [0.5, 0.6) is 5.75 Å². The van der Waals surface area contributed by atoms with E-state index in [-0.39, 0.29) is 0 Å². The zero-order valence-electron chi connectivity index (χ0n) is 10.3. The van der Waals surface area contributed by atoms with Gasteiger partial charge in [0.1, 0.15) is 10.8 Å². The largest absolute Gasteiger partial charge is 0.496 e. The molecule has 1 aromatic heterocycles. The van der Waals surface area contributed by atoms with Gasteiger partial charge in [-0.3, -0.25) is 0 Å². The van der Waals surface area contributed by atoms with Crippen LogP contribution >= 0.6 is 11.3 Å². The Morgan fingerprint density at radius 1 is 1.35 bits per heavy atom. The van der Waals surface area contributed by atoms with Crippen molar-refractivity contribution < 1.29 is 4.74 Å². The first-order valence-corrected chi connectivity index (χ1v) is 6.32. The lowest BCUT2D eigenvalue weighted by molar-refractivity contribution is 0.416. The Morgan fingerprint density at radius 2 is 2.12 bits per heavy atom. The molecule has 0 saturated heterocycles. The lowest BCUT2D eigenvalue weighted by Gasteiger charge is -2.04. The highest BCUT2D eigenvalue weighted by molar-refractivity contribution is 7.15. The number of para-hydroxylation sites is 1. The van der Waals surface area contributed by atoms with E-state index >= 15 is 0 Å². The van der Waals surface area contributed by atoms with Crippen LogP contribution in [0.25, 0.3) is 10.6 Å². The molecule has 90 valence electrons. The van der Waals surface area contributed by atoms with Gasteiger partial charge in [-0.25, -0.2) is 4.98 Å². The van der Waals surface area contributed by atoms with Gasteiger partial charge in [0.25, 0.3) is 0 Å². The number of benzene rings is 1. The fourth-order valence-electron chi connectivity index (χ4n) is 1.70. The van der Waals surface area contributed by atoms with Gasteiger partial charge in [0.05, 0.1) is 18.4 Å². The summed E-state index contributed by atoms with van der Waals surface area (Å²) in [5.74, 6) is 0.872. The number of methoxy groups -OCH3 is 1. The fraction of sp³-hybridized carbons (Fsp3) is 0.308. The molecular formula is C13H16N2OS. The van der Waals surface area contributed by atoms with Gasteiger partial charge >= 0.3 is 0 Å². The predicted molar refractivity (Wildman–Crippen MR) is 71.6 cm³/mol. The van der Waals surface area contributed by atoms with Gasteiger partial charge in [0.15, 0.2) is 0 Å². The highest BCUT2D eigenvalue weighted by Crippen LogP contribution is 2.33. The first-order valence-electron chi connectivity index (χ1n) is 5.50. The normalized spacial score (nSPS) is 10.5. The maximum Gasteiger partial charge on any atom is 0.129 e. The van der Waals surface area contributed by atoms with E-state index in [0.717, 1.165) is 28.6 Å². The number of nitrogens with one attached hydrogen (secondary N) is 1. The highest BCUT2D eigenvalue weighted by atomic mass is 32.1. The van der Waals surface area contributed by atoms with E-state index in [2.05, 4.69) is 17.2 Å². The zero-order valence-corrected chi connectivity index (χ0v) is 11.1. The van der Waals surface area contributed by atoms with E-state index in [1.807, 2.05) is 31.3 Å². The molecule has 1 N–H and O–H groups in total. The number of hydrogen-bond donors (Lipinski definition) is 1.